The van der Waals surface area contributed by atoms with Crippen molar-refractivity contribution in [3.63, 3.8) is 0 Å². The SMILES string of the molecule is OC(Cc1ccc(Cl)s1)c1ncccc1Br. The van der Waals surface area contributed by atoms with Gasteiger partial charge in [0.15, 0.2) is 0 Å². The summed E-state index contributed by atoms with van der Waals surface area (Å²) in [5, 5.41) is 10.0. The Morgan fingerprint density at radius 1 is 1.44 bits per heavy atom. The van der Waals surface area contributed by atoms with Crippen molar-refractivity contribution in [2.24, 2.45) is 0 Å². The minimum atomic E-state index is -0.606. The lowest BCUT2D eigenvalue weighted by atomic mass is 10.1. The molecule has 0 fully saturated rings. The van der Waals surface area contributed by atoms with E-state index in [0.29, 0.717) is 12.1 Å². The van der Waals surface area contributed by atoms with Crippen molar-refractivity contribution < 1.29 is 5.11 Å². The average molecular weight is 319 g/mol. The standard InChI is InChI=1S/C11H9BrClNOS/c12-8-2-1-5-14-11(8)9(15)6-7-3-4-10(13)16-7/h1-5,9,15H,6H2. The van der Waals surface area contributed by atoms with Crippen LogP contribution in [0.15, 0.2) is 34.9 Å². The molecule has 2 aromatic rings. The summed E-state index contributed by atoms with van der Waals surface area (Å²) in [6, 6.07) is 7.45. The van der Waals surface area contributed by atoms with Gasteiger partial charge in [-0.25, -0.2) is 0 Å². The third kappa shape index (κ3) is 2.83. The maximum Gasteiger partial charge on any atom is 0.102 e. The molecular weight excluding hydrogens is 310 g/mol. The van der Waals surface area contributed by atoms with Crippen LogP contribution in [-0.4, -0.2) is 10.1 Å². The molecule has 1 unspecified atom stereocenters. The van der Waals surface area contributed by atoms with Crippen molar-refractivity contribution in [3.8, 4) is 0 Å². The van der Waals surface area contributed by atoms with Crippen LogP contribution in [0.2, 0.25) is 4.34 Å². The quantitative estimate of drug-likeness (QED) is 0.933. The van der Waals surface area contributed by atoms with Crippen LogP contribution < -0.4 is 0 Å². The van der Waals surface area contributed by atoms with E-state index in [1.807, 2.05) is 24.3 Å². The zero-order valence-corrected chi connectivity index (χ0v) is 11.4. The van der Waals surface area contributed by atoms with Gasteiger partial charge >= 0.3 is 0 Å². The molecule has 0 aliphatic rings. The molecule has 2 heterocycles. The Kier molecular flexibility index (Phi) is 3.97. The van der Waals surface area contributed by atoms with E-state index in [1.54, 1.807) is 6.20 Å². The van der Waals surface area contributed by atoms with Crippen molar-refractivity contribution in [1.29, 1.82) is 0 Å². The van der Waals surface area contributed by atoms with Gasteiger partial charge in [-0.3, -0.25) is 4.98 Å². The van der Waals surface area contributed by atoms with Gasteiger partial charge in [0.2, 0.25) is 0 Å². The second-order valence-corrected chi connectivity index (χ2v) is 5.95. The molecular formula is C11H9BrClNOS. The number of hydrogen-bond acceptors (Lipinski definition) is 3. The highest BCUT2D eigenvalue weighted by Crippen LogP contribution is 2.28. The van der Waals surface area contributed by atoms with Crippen LogP contribution in [0.5, 0.6) is 0 Å². The average Bonchev–Trinajstić information content (AvgIpc) is 2.64. The Labute approximate surface area is 111 Å². The van der Waals surface area contributed by atoms with Gasteiger partial charge < -0.3 is 5.11 Å². The molecule has 0 aliphatic carbocycles. The molecule has 2 aromatic heterocycles. The minimum Gasteiger partial charge on any atom is -0.386 e. The predicted octanol–water partition coefficient (Wildman–Crippen LogP) is 3.84. The van der Waals surface area contributed by atoms with E-state index in [0.717, 1.165) is 13.7 Å². The van der Waals surface area contributed by atoms with Crippen LogP contribution in [0.3, 0.4) is 0 Å². The molecule has 0 spiro atoms. The molecule has 0 bridgehead atoms. The van der Waals surface area contributed by atoms with Gasteiger partial charge in [-0.05, 0) is 40.2 Å². The van der Waals surface area contributed by atoms with Gasteiger partial charge in [-0.15, -0.1) is 11.3 Å². The monoisotopic (exact) mass is 317 g/mol. The zero-order chi connectivity index (χ0) is 11.5. The fourth-order valence-electron chi connectivity index (χ4n) is 1.39. The summed E-state index contributed by atoms with van der Waals surface area (Å²) in [5.41, 5.74) is 0.659. The molecule has 0 radical (unpaired) electrons. The topological polar surface area (TPSA) is 33.1 Å². The van der Waals surface area contributed by atoms with Crippen LogP contribution in [0.1, 0.15) is 16.7 Å². The first kappa shape index (κ1) is 12.0. The van der Waals surface area contributed by atoms with E-state index in [9.17, 15) is 5.11 Å². The van der Waals surface area contributed by atoms with E-state index in [-0.39, 0.29) is 0 Å². The van der Waals surface area contributed by atoms with E-state index < -0.39 is 6.10 Å². The maximum atomic E-state index is 10.0. The van der Waals surface area contributed by atoms with Crippen molar-refractivity contribution >= 4 is 38.9 Å². The van der Waals surface area contributed by atoms with Gasteiger partial charge in [0, 0.05) is 22.0 Å². The van der Waals surface area contributed by atoms with Gasteiger partial charge in [-0.2, -0.15) is 0 Å². The van der Waals surface area contributed by atoms with Crippen molar-refractivity contribution in [2.75, 3.05) is 0 Å². The minimum absolute atomic E-state index is 0.535. The number of halogens is 2. The second kappa shape index (κ2) is 5.27. The highest BCUT2D eigenvalue weighted by Gasteiger charge is 2.14. The summed E-state index contributed by atoms with van der Waals surface area (Å²) in [5.74, 6) is 0. The molecule has 16 heavy (non-hydrogen) atoms. The third-order valence-corrected chi connectivity index (χ3v) is 4.05. The molecule has 0 saturated heterocycles. The van der Waals surface area contributed by atoms with Gasteiger partial charge in [-0.1, -0.05) is 11.6 Å². The number of aliphatic hydroxyl groups is 1. The van der Waals surface area contributed by atoms with E-state index in [1.165, 1.54) is 11.3 Å². The number of aromatic nitrogens is 1. The Morgan fingerprint density at radius 2 is 2.25 bits per heavy atom. The Morgan fingerprint density at radius 3 is 2.88 bits per heavy atom. The van der Waals surface area contributed by atoms with Gasteiger partial charge in [0.25, 0.3) is 0 Å². The lowest BCUT2D eigenvalue weighted by Crippen LogP contribution is -2.03. The van der Waals surface area contributed by atoms with E-state index in [4.69, 9.17) is 11.6 Å². The predicted molar refractivity (Wildman–Crippen MR) is 69.9 cm³/mol. The summed E-state index contributed by atoms with van der Waals surface area (Å²) in [4.78, 5) is 5.21. The molecule has 2 rings (SSSR count). The number of thiophene rings is 1. The molecule has 0 saturated carbocycles. The van der Waals surface area contributed by atoms with Gasteiger partial charge in [0.1, 0.15) is 6.10 Å². The number of hydrogen-bond donors (Lipinski definition) is 1. The Bertz CT molecular complexity index is 488. The molecule has 0 aliphatic heterocycles. The summed E-state index contributed by atoms with van der Waals surface area (Å²) in [6.07, 6.45) is 1.60. The van der Waals surface area contributed by atoms with E-state index in [2.05, 4.69) is 20.9 Å². The first-order valence-electron chi connectivity index (χ1n) is 4.69. The number of rotatable bonds is 3. The smallest absolute Gasteiger partial charge is 0.102 e. The van der Waals surface area contributed by atoms with E-state index >= 15 is 0 Å². The second-order valence-electron chi connectivity index (χ2n) is 3.30. The first-order valence-corrected chi connectivity index (χ1v) is 6.68. The normalized spacial score (nSPS) is 12.7. The van der Waals surface area contributed by atoms with Crippen LogP contribution in [0.25, 0.3) is 0 Å². The highest BCUT2D eigenvalue weighted by molar-refractivity contribution is 9.10. The Hall–Kier alpha value is -0.420. The molecule has 1 N–H and O–H groups in total. The van der Waals surface area contributed by atoms with Gasteiger partial charge in [0.05, 0.1) is 10.0 Å². The zero-order valence-electron chi connectivity index (χ0n) is 8.23. The first-order chi connectivity index (χ1) is 7.66. The van der Waals surface area contributed by atoms with Crippen molar-refractivity contribution in [3.05, 3.63) is 49.8 Å². The molecule has 2 nitrogen and oxygen atoms in total. The van der Waals surface area contributed by atoms with Crippen LogP contribution in [0, 0.1) is 0 Å². The van der Waals surface area contributed by atoms with Crippen molar-refractivity contribution in [2.45, 2.75) is 12.5 Å². The third-order valence-electron chi connectivity index (χ3n) is 2.13. The summed E-state index contributed by atoms with van der Waals surface area (Å²) >= 11 is 10.7. The fourth-order valence-corrected chi connectivity index (χ4v) is 3.04. The number of pyridine rings is 1. The molecule has 0 amide bonds. The summed E-state index contributed by atoms with van der Waals surface area (Å²) in [7, 11) is 0. The molecule has 84 valence electrons. The number of aliphatic hydroxyl groups excluding tert-OH is 1. The van der Waals surface area contributed by atoms with Crippen LogP contribution in [-0.2, 0) is 6.42 Å². The van der Waals surface area contributed by atoms with Crippen LogP contribution >= 0.6 is 38.9 Å². The largest absolute Gasteiger partial charge is 0.386 e. The molecule has 1 atom stereocenters. The molecule has 0 aromatic carbocycles. The lowest BCUT2D eigenvalue weighted by Gasteiger charge is -2.10. The van der Waals surface area contributed by atoms with Crippen LogP contribution in [0.4, 0.5) is 0 Å². The Balaban J connectivity index is 2.14. The molecule has 5 heteroatoms. The summed E-state index contributed by atoms with van der Waals surface area (Å²) < 4.78 is 1.56. The maximum absolute atomic E-state index is 10.0. The highest BCUT2D eigenvalue weighted by atomic mass is 79.9. The number of nitrogens with zero attached hydrogens (tertiary/aromatic N) is 1. The summed E-state index contributed by atoms with van der Waals surface area (Å²) in [6.45, 7) is 0. The lowest BCUT2D eigenvalue weighted by molar-refractivity contribution is 0.173. The van der Waals surface area contributed by atoms with Crippen molar-refractivity contribution in [1.82, 2.24) is 4.98 Å². The fraction of sp³-hybridized carbons (Fsp3) is 0.182.